The molecule has 21 heavy (non-hydrogen) atoms. The van der Waals surface area contributed by atoms with Crippen LogP contribution in [0.4, 0.5) is 0 Å². The van der Waals surface area contributed by atoms with Crippen molar-refractivity contribution in [3.05, 3.63) is 29.3 Å². The van der Waals surface area contributed by atoms with E-state index in [1.807, 2.05) is 6.92 Å². The second-order valence-corrected chi connectivity index (χ2v) is 8.11. The largest absolute Gasteiger partial charge is 0.349 e. The molecular weight excluding hydrogens is 286 g/mol. The van der Waals surface area contributed by atoms with Crippen LogP contribution in [0, 0.1) is 12.8 Å². The van der Waals surface area contributed by atoms with Crippen LogP contribution >= 0.6 is 0 Å². The molecule has 0 heterocycles. The summed E-state index contributed by atoms with van der Waals surface area (Å²) in [7, 11) is -3.30. The predicted molar refractivity (Wildman–Crippen MR) is 83.2 cm³/mol. The molecule has 1 aromatic carbocycles. The molecule has 1 amide bonds. The number of benzene rings is 1. The van der Waals surface area contributed by atoms with Crippen LogP contribution in [0.5, 0.6) is 0 Å². The fourth-order valence-corrected chi connectivity index (χ4v) is 3.50. The standard InChI is InChI=1S/C16H23NO3S/c1-11-8-9-13(21(3,19)20)10-14(11)16(18)17-15-7-5-4-6-12(15)2/h8-10,12,15H,4-7H2,1-3H3,(H,17,18). The van der Waals surface area contributed by atoms with E-state index in [0.29, 0.717) is 11.5 Å². The summed E-state index contributed by atoms with van der Waals surface area (Å²) < 4.78 is 23.3. The normalized spacial score (nSPS) is 22.8. The highest BCUT2D eigenvalue weighted by Gasteiger charge is 2.24. The van der Waals surface area contributed by atoms with Crippen LogP contribution in [-0.4, -0.2) is 26.6 Å². The van der Waals surface area contributed by atoms with E-state index in [-0.39, 0.29) is 16.8 Å². The maximum atomic E-state index is 12.5. The minimum Gasteiger partial charge on any atom is -0.349 e. The molecular formula is C16H23NO3S. The molecule has 0 radical (unpaired) electrons. The lowest BCUT2D eigenvalue weighted by Crippen LogP contribution is -2.41. The summed E-state index contributed by atoms with van der Waals surface area (Å²) in [5.41, 5.74) is 1.25. The van der Waals surface area contributed by atoms with Gasteiger partial charge in [0.1, 0.15) is 0 Å². The van der Waals surface area contributed by atoms with Gasteiger partial charge >= 0.3 is 0 Å². The molecule has 0 aliphatic heterocycles. The van der Waals surface area contributed by atoms with E-state index in [1.165, 1.54) is 12.5 Å². The van der Waals surface area contributed by atoms with Gasteiger partial charge in [0.15, 0.2) is 9.84 Å². The summed E-state index contributed by atoms with van der Waals surface area (Å²) in [6, 6.07) is 4.90. The molecule has 2 unspecified atom stereocenters. The van der Waals surface area contributed by atoms with Crippen molar-refractivity contribution in [3.63, 3.8) is 0 Å². The van der Waals surface area contributed by atoms with Crippen LogP contribution in [0.1, 0.15) is 48.5 Å². The molecule has 2 rings (SSSR count). The van der Waals surface area contributed by atoms with Crippen LogP contribution in [0.3, 0.4) is 0 Å². The van der Waals surface area contributed by atoms with Crippen molar-refractivity contribution in [2.24, 2.45) is 5.92 Å². The first-order valence-corrected chi connectivity index (χ1v) is 9.30. The zero-order chi connectivity index (χ0) is 15.6. The summed E-state index contributed by atoms with van der Waals surface area (Å²) in [6.45, 7) is 3.98. The van der Waals surface area contributed by atoms with Gasteiger partial charge in [0.25, 0.3) is 5.91 Å². The zero-order valence-corrected chi connectivity index (χ0v) is 13.7. The monoisotopic (exact) mass is 309 g/mol. The number of hydrogen-bond donors (Lipinski definition) is 1. The van der Waals surface area contributed by atoms with E-state index in [1.54, 1.807) is 12.1 Å². The lowest BCUT2D eigenvalue weighted by molar-refractivity contribution is 0.0909. The minimum atomic E-state index is -3.30. The van der Waals surface area contributed by atoms with Crippen molar-refractivity contribution < 1.29 is 13.2 Å². The number of rotatable bonds is 3. The maximum absolute atomic E-state index is 12.5. The zero-order valence-electron chi connectivity index (χ0n) is 12.8. The van der Waals surface area contributed by atoms with Gasteiger partial charge in [0.2, 0.25) is 0 Å². The molecule has 1 saturated carbocycles. The Morgan fingerprint density at radius 1 is 1.24 bits per heavy atom. The van der Waals surface area contributed by atoms with Crippen LogP contribution in [0.2, 0.25) is 0 Å². The molecule has 0 bridgehead atoms. The molecule has 0 spiro atoms. The molecule has 1 aliphatic rings. The molecule has 4 nitrogen and oxygen atoms in total. The fraction of sp³-hybridized carbons (Fsp3) is 0.562. The molecule has 1 aromatic rings. The van der Waals surface area contributed by atoms with Crippen molar-refractivity contribution in [1.82, 2.24) is 5.32 Å². The van der Waals surface area contributed by atoms with Gasteiger partial charge in [0, 0.05) is 17.9 Å². The Kier molecular flexibility index (Phi) is 4.71. The number of nitrogens with one attached hydrogen (secondary N) is 1. The van der Waals surface area contributed by atoms with E-state index >= 15 is 0 Å². The molecule has 2 atom stereocenters. The predicted octanol–water partition coefficient (Wildman–Crippen LogP) is 2.71. The second-order valence-electron chi connectivity index (χ2n) is 6.09. The van der Waals surface area contributed by atoms with E-state index in [9.17, 15) is 13.2 Å². The van der Waals surface area contributed by atoms with Crippen molar-refractivity contribution in [3.8, 4) is 0 Å². The van der Waals surface area contributed by atoms with E-state index < -0.39 is 9.84 Å². The van der Waals surface area contributed by atoms with Crippen molar-refractivity contribution in [2.45, 2.75) is 50.5 Å². The lowest BCUT2D eigenvalue weighted by Gasteiger charge is -2.29. The highest BCUT2D eigenvalue weighted by atomic mass is 32.2. The van der Waals surface area contributed by atoms with Crippen molar-refractivity contribution in [1.29, 1.82) is 0 Å². The lowest BCUT2D eigenvalue weighted by atomic mass is 9.86. The van der Waals surface area contributed by atoms with Gasteiger partial charge in [-0.2, -0.15) is 0 Å². The number of hydrogen-bond acceptors (Lipinski definition) is 3. The second kappa shape index (κ2) is 6.18. The Bertz CT molecular complexity index is 637. The van der Waals surface area contributed by atoms with Crippen LogP contribution in [0.25, 0.3) is 0 Å². The Hall–Kier alpha value is -1.36. The average molecular weight is 309 g/mol. The van der Waals surface area contributed by atoms with Gasteiger partial charge in [-0.15, -0.1) is 0 Å². The third kappa shape index (κ3) is 3.84. The number of amides is 1. The molecule has 0 aromatic heterocycles. The highest BCUT2D eigenvalue weighted by molar-refractivity contribution is 7.90. The van der Waals surface area contributed by atoms with Gasteiger partial charge < -0.3 is 5.32 Å². The fourth-order valence-electron chi connectivity index (χ4n) is 2.85. The number of carbonyl (C=O) groups excluding carboxylic acids is 1. The minimum absolute atomic E-state index is 0.170. The first-order chi connectivity index (χ1) is 9.79. The summed E-state index contributed by atoms with van der Waals surface area (Å²) in [5, 5.41) is 3.07. The topological polar surface area (TPSA) is 63.2 Å². The van der Waals surface area contributed by atoms with E-state index in [0.717, 1.165) is 31.1 Å². The molecule has 116 valence electrons. The van der Waals surface area contributed by atoms with Crippen molar-refractivity contribution in [2.75, 3.05) is 6.26 Å². The number of carbonyl (C=O) groups is 1. The summed E-state index contributed by atoms with van der Waals surface area (Å²) in [4.78, 5) is 12.6. The number of sulfone groups is 1. The van der Waals surface area contributed by atoms with Gasteiger partial charge in [0.05, 0.1) is 4.90 Å². The number of aryl methyl sites for hydroxylation is 1. The Labute approximate surface area is 126 Å². The smallest absolute Gasteiger partial charge is 0.251 e. The molecule has 1 fully saturated rings. The summed E-state index contributed by atoms with van der Waals surface area (Å²) in [5.74, 6) is 0.304. The van der Waals surface area contributed by atoms with Crippen LogP contribution < -0.4 is 5.32 Å². The molecule has 5 heteroatoms. The molecule has 1 N–H and O–H groups in total. The molecule has 1 aliphatic carbocycles. The Morgan fingerprint density at radius 2 is 1.90 bits per heavy atom. The first kappa shape index (κ1) is 16.0. The first-order valence-electron chi connectivity index (χ1n) is 7.40. The quantitative estimate of drug-likeness (QED) is 0.933. The van der Waals surface area contributed by atoms with E-state index in [4.69, 9.17) is 0 Å². The van der Waals surface area contributed by atoms with Gasteiger partial charge in [-0.25, -0.2) is 8.42 Å². The SMILES string of the molecule is Cc1ccc(S(C)(=O)=O)cc1C(=O)NC1CCCCC1C. The Morgan fingerprint density at radius 3 is 2.52 bits per heavy atom. The van der Waals surface area contributed by atoms with Gasteiger partial charge in [-0.05, 0) is 43.4 Å². The summed E-state index contributed by atoms with van der Waals surface area (Å²) >= 11 is 0. The third-order valence-corrected chi connectivity index (χ3v) is 5.42. The molecule has 0 saturated heterocycles. The van der Waals surface area contributed by atoms with Gasteiger partial charge in [-0.3, -0.25) is 4.79 Å². The average Bonchev–Trinajstić information content (AvgIpc) is 2.40. The van der Waals surface area contributed by atoms with Crippen molar-refractivity contribution >= 4 is 15.7 Å². The third-order valence-electron chi connectivity index (χ3n) is 4.31. The van der Waals surface area contributed by atoms with Crippen LogP contribution in [-0.2, 0) is 9.84 Å². The summed E-state index contributed by atoms with van der Waals surface area (Å²) in [6.07, 6.45) is 5.64. The van der Waals surface area contributed by atoms with E-state index in [2.05, 4.69) is 12.2 Å². The van der Waals surface area contributed by atoms with Crippen LogP contribution in [0.15, 0.2) is 23.1 Å². The van der Waals surface area contributed by atoms with Gasteiger partial charge in [-0.1, -0.05) is 25.8 Å². The maximum Gasteiger partial charge on any atom is 0.251 e. The Balaban J connectivity index is 2.22. The highest BCUT2D eigenvalue weighted by Crippen LogP contribution is 2.24.